The van der Waals surface area contributed by atoms with E-state index in [1.165, 1.54) is 42.5 Å². The average molecular weight is 365 g/mol. The molecule has 0 aromatic heterocycles. The maximum Gasteiger partial charge on any atom is 0.338 e. The predicted molar refractivity (Wildman–Crippen MR) is 88.3 cm³/mol. The fourth-order valence-corrected chi connectivity index (χ4v) is 3.06. The summed E-state index contributed by atoms with van der Waals surface area (Å²) >= 11 is 0. The second-order valence-electron chi connectivity index (χ2n) is 5.00. The normalized spacial score (nSPS) is 11.1. The van der Waals surface area contributed by atoms with Crippen LogP contribution in [0, 0.1) is 5.82 Å². The Morgan fingerprint density at radius 2 is 1.72 bits per heavy atom. The summed E-state index contributed by atoms with van der Waals surface area (Å²) in [5.41, 5.74) is -0.0841. The van der Waals surface area contributed by atoms with E-state index in [1.54, 1.807) is 6.92 Å². The second kappa shape index (κ2) is 8.00. The van der Waals surface area contributed by atoms with Crippen LogP contribution in [0.15, 0.2) is 53.4 Å². The SMILES string of the molecule is CCNS(=O)(=O)c1ccc(C(=O)OCC(=O)c2ccccc2F)cc1. The lowest BCUT2D eigenvalue weighted by Crippen LogP contribution is -2.23. The van der Waals surface area contributed by atoms with Crippen LogP contribution in [-0.2, 0) is 14.8 Å². The Morgan fingerprint density at radius 1 is 1.08 bits per heavy atom. The van der Waals surface area contributed by atoms with Gasteiger partial charge in [0.05, 0.1) is 16.0 Å². The van der Waals surface area contributed by atoms with E-state index in [0.29, 0.717) is 0 Å². The largest absolute Gasteiger partial charge is 0.454 e. The van der Waals surface area contributed by atoms with Gasteiger partial charge in [-0.15, -0.1) is 0 Å². The first-order valence-electron chi connectivity index (χ1n) is 7.39. The molecule has 0 saturated carbocycles. The number of ketones is 1. The first-order chi connectivity index (χ1) is 11.8. The minimum absolute atomic E-state index is 0.00772. The fourth-order valence-electron chi connectivity index (χ4n) is 2.02. The van der Waals surface area contributed by atoms with Gasteiger partial charge in [-0.1, -0.05) is 19.1 Å². The van der Waals surface area contributed by atoms with Crippen LogP contribution in [0.1, 0.15) is 27.6 Å². The molecule has 0 fully saturated rings. The highest BCUT2D eigenvalue weighted by atomic mass is 32.2. The van der Waals surface area contributed by atoms with Crippen molar-refractivity contribution in [3.05, 3.63) is 65.5 Å². The van der Waals surface area contributed by atoms with Gasteiger partial charge in [-0.05, 0) is 36.4 Å². The average Bonchev–Trinajstić information content (AvgIpc) is 2.60. The summed E-state index contributed by atoms with van der Waals surface area (Å²) in [6, 6.07) is 10.5. The molecule has 0 radical (unpaired) electrons. The number of rotatable bonds is 7. The minimum atomic E-state index is -3.62. The third-order valence-corrected chi connectivity index (χ3v) is 4.80. The van der Waals surface area contributed by atoms with Crippen molar-refractivity contribution in [3.8, 4) is 0 Å². The molecule has 0 heterocycles. The predicted octanol–water partition coefficient (Wildman–Crippen LogP) is 2.16. The van der Waals surface area contributed by atoms with E-state index >= 15 is 0 Å². The van der Waals surface area contributed by atoms with Gasteiger partial charge < -0.3 is 4.74 Å². The molecule has 0 bridgehead atoms. The first kappa shape index (κ1) is 18.8. The van der Waals surface area contributed by atoms with Gasteiger partial charge in [0.1, 0.15) is 5.82 Å². The highest BCUT2D eigenvalue weighted by Gasteiger charge is 2.16. The monoisotopic (exact) mass is 365 g/mol. The number of ether oxygens (including phenoxy) is 1. The van der Waals surface area contributed by atoms with Crippen molar-refractivity contribution in [1.29, 1.82) is 0 Å². The molecule has 0 aliphatic rings. The smallest absolute Gasteiger partial charge is 0.338 e. The lowest BCUT2D eigenvalue weighted by atomic mass is 10.1. The Morgan fingerprint density at radius 3 is 2.32 bits per heavy atom. The zero-order valence-corrected chi connectivity index (χ0v) is 14.2. The van der Waals surface area contributed by atoms with Crippen LogP contribution in [0.5, 0.6) is 0 Å². The maximum absolute atomic E-state index is 13.5. The molecule has 0 atom stereocenters. The third kappa shape index (κ3) is 4.71. The van der Waals surface area contributed by atoms with Crippen molar-refractivity contribution in [1.82, 2.24) is 4.72 Å². The molecular formula is C17H16FNO5S. The number of sulfonamides is 1. The lowest BCUT2D eigenvalue weighted by Gasteiger charge is -2.07. The van der Waals surface area contributed by atoms with Gasteiger partial charge in [-0.2, -0.15) is 0 Å². The minimum Gasteiger partial charge on any atom is -0.454 e. The van der Waals surface area contributed by atoms with E-state index in [1.807, 2.05) is 0 Å². The number of hydrogen-bond donors (Lipinski definition) is 1. The van der Waals surface area contributed by atoms with Gasteiger partial charge in [0.25, 0.3) is 0 Å². The Bertz CT molecular complexity index is 878. The Hall–Kier alpha value is -2.58. The highest BCUT2D eigenvalue weighted by molar-refractivity contribution is 7.89. The van der Waals surface area contributed by atoms with E-state index in [0.717, 1.165) is 6.07 Å². The zero-order valence-electron chi connectivity index (χ0n) is 13.4. The van der Waals surface area contributed by atoms with Crippen molar-refractivity contribution in [2.75, 3.05) is 13.2 Å². The standard InChI is InChI=1S/C17H16FNO5S/c1-2-19-25(22,23)13-9-7-12(8-10-13)17(21)24-11-16(20)14-5-3-4-6-15(14)18/h3-10,19H,2,11H2,1H3. The molecule has 0 saturated heterocycles. The van der Waals surface area contributed by atoms with Gasteiger partial charge in [-0.3, -0.25) is 4.79 Å². The van der Waals surface area contributed by atoms with Gasteiger partial charge in [0, 0.05) is 6.54 Å². The first-order valence-corrected chi connectivity index (χ1v) is 8.88. The van der Waals surface area contributed by atoms with Crippen LogP contribution in [0.4, 0.5) is 4.39 Å². The summed E-state index contributed by atoms with van der Waals surface area (Å²) in [5.74, 6) is -2.17. The molecule has 8 heteroatoms. The summed E-state index contributed by atoms with van der Waals surface area (Å²) < 4.78 is 44.3. The summed E-state index contributed by atoms with van der Waals surface area (Å²) in [4.78, 5) is 23.8. The summed E-state index contributed by atoms with van der Waals surface area (Å²) in [6.07, 6.45) is 0. The van der Waals surface area contributed by atoms with Crippen molar-refractivity contribution >= 4 is 21.8 Å². The van der Waals surface area contributed by atoms with Gasteiger partial charge in [0.15, 0.2) is 6.61 Å². The Kier molecular flexibility index (Phi) is 6.00. The molecule has 132 valence electrons. The van der Waals surface area contributed by atoms with Crippen molar-refractivity contribution in [3.63, 3.8) is 0 Å². The molecular weight excluding hydrogens is 349 g/mol. The topological polar surface area (TPSA) is 89.5 Å². The molecule has 0 spiro atoms. The van der Waals surface area contributed by atoms with E-state index in [2.05, 4.69) is 4.72 Å². The van der Waals surface area contributed by atoms with E-state index in [4.69, 9.17) is 4.74 Å². The fraction of sp³-hybridized carbons (Fsp3) is 0.176. The van der Waals surface area contributed by atoms with Crippen LogP contribution in [-0.4, -0.2) is 33.3 Å². The van der Waals surface area contributed by atoms with Crippen LogP contribution >= 0.6 is 0 Å². The van der Waals surface area contributed by atoms with Crippen LogP contribution in [0.25, 0.3) is 0 Å². The molecule has 0 aliphatic heterocycles. The maximum atomic E-state index is 13.5. The Balaban J connectivity index is 2.02. The number of hydrogen-bond acceptors (Lipinski definition) is 5. The number of Topliss-reactive ketones (excluding diaryl/α,β-unsaturated/α-hetero) is 1. The van der Waals surface area contributed by atoms with Crippen molar-refractivity contribution in [2.24, 2.45) is 0 Å². The lowest BCUT2D eigenvalue weighted by molar-refractivity contribution is 0.0473. The number of nitrogens with one attached hydrogen (secondary N) is 1. The van der Waals surface area contributed by atoms with Crippen LogP contribution in [0.2, 0.25) is 0 Å². The second-order valence-corrected chi connectivity index (χ2v) is 6.77. The van der Waals surface area contributed by atoms with E-state index in [-0.39, 0.29) is 22.6 Å². The van der Waals surface area contributed by atoms with E-state index < -0.39 is 34.2 Å². The molecule has 0 unspecified atom stereocenters. The number of benzene rings is 2. The van der Waals surface area contributed by atoms with Crippen LogP contribution in [0.3, 0.4) is 0 Å². The zero-order chi connectivity index (χ0) is 18.4. The highest BCUT2D eigenvalue weighted by Crippen LogP contribution is 2.12. The molecule has 2 aromatic rings. The summed E-state index contributed by atoms with van der Waals surface area (Å²) in [7, 11) is -3.62. The number of esters is 1. The molecule has 0 amide bonds. The number of carbonyl (C=O) groups is 2. The number of carbonyl (C=O) groups excluding carboxylic acids is 2. The molecule has 2 aromatic carbocycles. The number of halogens is 1. The van der Waals surface area contributed by atoms with Gasteiger partial charge in [0.2, 0.25) is 15.8 Å². The molecule has 0 aliphatic carbocycles. The summed E-state index contributed by atoms with van der Waals surface area (Å²) in [6.45, 7) is 1.28. The van der Waals surface area contributed by atoms with E-state index in [9.17, 15) is 22.4 Å². The Labute approximate surface area is 144 Å². The molecule has 6 nitrogen and oxygen atoms in total. The third-order valence-electron chi connectivity index (χ3n) is 3.24. The molecule has 25 heavy (non-hydrogen) atoms. The van der Waals surface area contributed by atoms with Gasteiger partial charge >= 0.3 is 5.97 Å². The summed E-state index contributed by atoms with van der Waals surface area (Å²) in [5, 5.41) is 0. The molecule has 1 N–H and O–H groups in total. The van der Waals surface area contributed by atoms with Gasteiger partial charge in [-0.25, -0.2) is 22.3 Å². The van der Waals surface area contributed by atoms with Crippen molar-refractivity contribution < 1.29 is 27.1 Å². The van der Waals surface area contributed by atoms with Crippen LogP contribution < -0.4 is 4.72 Å². The quantitative estimate of drug-likeness (QED) is 0.600. The molecule has 2 rings (SSSR count). The van der Waals surface area contributed by atoms with Crippen molar-refractivity contribution in [2.45, 2.75) is 11.8 Å².